The quantitative estimate of drug-likeness (QED) is 0.790. The van der Waals surface area contributed by atoms with Crippen molar-refractivity contribution in [2.24, 2.45) is 11.1 Å². The maximum absolute atomic E-state index is 12.2. The average molecular weight is 263 g/mol. The molecule has 1 aliphatic heterocycles. The van der Waals surface area contributed by atoms with Crippen molar-refractivity contribution in [3.63, 3.8) is 0 Å². The molecule has 0 aliphatic carbocycles. The molecular weight excluding hydrogens is 236 g/mol. The third-order valence-corrected chi connectivity index (χ3v) is 3.37. The van der Waals surface area contributed by atoms with Crippen molar-refractivity contribution in [1.29, 1.82) is 0 Å². The largest absolute Gasteiger partial charge is 0.341 e. The van der Waals surface area contributed by atoms with E-state index in [1.165, 1.54) is 19.3 Å². The minimum absolute atomic E-state index is 0. The van der Waals surface area contributed by atoms with Gasteiger partial charge in [0, 0.05) is 13.1 Å². The molecule has 4 heteroatoms. The lowest BCUT2D eigenvalue weighted by Crippen LogP contribution is -2.51. The summed E-state index contributed by atoms with van der Waals surface area (Å²) in [5.41, 5.74) is 5.88. The predicted molar refractivity (Wildman–Crippen MR) is 74.3 cm³/mol. The number of likely N-dealkylation sites (tertiary alicyclic amines) is 1. The molecule has 3 nitrogen and oxygen atoms in total. The van der Waals surface area contributed by atoms with Gasteiger partial charge in [-0.15, -0.1) is 12.4 Å². The van der Waals surface area contributed by atoms with Crippen molar-refractivity contribution in [3.8, 4) is 0 Å². The Morgan fingerprint density at radius 2 is 1.47 bits per heavy atom. The summed E-state index contributed by atoms with van der Waals surface area (Å²) in [5, 5.41) is 0. The number of halogens is 1. The molecule has 0 aromatic carbocycles. The van der Waals surface area contributed by atoms with E-state index in [0.29, 0.717) is 0 Å². The zero-order chi connectivity index (χ0) is 12.2. The highest BCUT2D eigenvalue weighted by Crippen LogP contribution is 2.20. The van der Waals surface area contributed by atoms with Crippen LogP contribution < -0.4 is 5.73 Å². The smallest absolute Gasteiger partial charge is 0.240 e. The molecular formula is C13H27ClN2O. The molecule has 1 fully saturated rings. The van der Waals surface area contributed by atoms with E-state index in [9.17, 15) is 4.79 Å². The number of nitrogens with two attached hydrogens (primary N) is 1. The van der Waals surface area contributed by atoms with Gasteiger partial charge in [-0.05, 0) is 18.3 Å². The number of amides is 1. The van der Waals surface area contributed by atoms with Gasteiger partial charge < -0.3 is 10.6 Å². The van der Waals surface area contributed by atoms with Crippen LogP contribution in [-0.2, 0) is 4.79 Å². The fourth-order valence-corrected chi connectivity index (χ4v) is 2.03. The van der Waals surface area contributed by atoms with Crippen LogP contribution in [0, 0.1) is 5.41 Å². The molecule has 0 radical (unpaired) electrons. The second-order valence-electron chi connectivity index (χ2n) is 5.94. The number of rotatable bonds is 1. The first-order valence-corrected chi connectivity index (χ1v) is 6.47. The highest BCUT2D eigenvalue weighted by molar-refractivity contribution is 5.85. The van der Waals surface area contributed by atoms with Crippen molar-refractivity contribution in [1.82, 2.24) is 4.90 Å². The molecule has 1 rings (SSSR count). The van der Waals surface area contributed by atoms with Gasteiger partial charge in [0.15, 0.2) is 0 Å². The third kappa shape index (κ3) is 5.26. The first-order chi connectivity index (χ1) is 7.43. The fraction of sp³-hybridized carbons (Fsp3) is 0.923. The zero-order valence-corrected chi connectivity index (χ0v) is 12.2. The summed E-state index contributed by atoms with van der Waals surface area (Å²) in [7, 11) is 0. The molecule has 102 valence electrons. The van der Waals surface area contributed by atoms with E-state index in [1.807, 2.05) is 25.7 Å². The molecule has 0 spiro atoms. The Morgan fingerprint density at radius 3 is 1.88 bits per heavy atom. The van der Waals surface area contributed by atoms with Gasteiger partial charge in [-0.3, -0.25) is 4.79 Å². The summed E-state index contributed by atoms with van der Waals surface area (Å²) in [6.07, 6.45) is 6.06. The SMILES string of the molecule is CC(C)(C)[C@H](N)C(=O)N1CCCCCCC1.Cl. The maximum atomic E-state index is 12.2. The minimum Gasteiger partial charge on any atom is -0.341 e. The van der Waals surface area contributed by atoms with Crippen LogP contribution in [-0.4, -0.2) is 29.9 Å². The molecule has 2 N–H and O–H groups in total. The molecule has 0 aromatic heterocycles. The molecule has 0 aromatic rings. The molecule has 1 atom stereocenters. The van der Waals surface area contributed by atoms with E-state index >= 15 is 0 Å². The fourth-order valence-electron chi connectivity index (χ4n) is 2.03. The van der Waals surface area contributed by atoms with Gasteiger partial charge in [-0.25, -0.2) is 0 Å². The number of carbonyl (C=O) groups is 1. The zero-order valence-electron chi connectivity index (χ0n) is 11.4. The number of nitrogens with zero attached hydrogens (tertiary/aromatic N) is 1. The summed E-state index contributed by atoms with van der Waals surface area (Å²) in [6, 6.07) is -0.369. The molecule has 0 unspecified atom stereocenters. The molecule has 0 saturated carbocycles. The van der Waals surface area contributed by atoms with Crippen molar-refractivity contribution < 1.29 is 4.79 Å². The van der Waals surface area contributed by atoms with Crippen LogP contribution in [0.2, 0.25) is 0 Å². The van der Waals surface area contributed by atoms with Crippen molar-refractivity contribution in [3.05, 3.63) is 0 Å². The Labute approximate surface area is 112 Å². The Kier molecular flexibility index (Phi) is 7.10. The second-order valence-corrected chi connectivity index (χ2v) is 5.94. The van der Waals surface area contributed by atoms with Gasteiger partial charge in [0.1, 0.15) is 0 Å². The number of hydrogen-bond donors (Lipinski definition) is 1. The van der Waals surface area contributed by atoms with E-state index in [4.69, 9.17) is 5.73 Å². The first kappa shape index (κ1) is 16.7. The molecule has 17 heavy (non-hydrogen) atoms. The lowest BCUT2D eigenvalue weighted by atomic mass is 9.86. The molecule has 1 aliphatic rings. The average Bonchev–Trinajstić information content (AvgIpc) is 2.13. The van der Waals surface area contributed by atoms with Crippen LogP contribution in [0.4, 0.5) is 0 Å². The summed E-state index contributed by atoms with van der Waals surface area (Å²) in [6.45, 7) is 7.87. The molecule has 1 amide bonds. The van der Waals surface area contributed by atoms with Gasteiger partial charge in [-0.1, -0.05) is 40.0 Å². The van der Waals surface area contributed by atoms with E-state index in [1.54, 1.807) is 0 Å². The lowest BCUT2D eigenvalue weighted by molar-refractivity contribution is -0.135. The number of hydrogen-bond acceptors (Lipinski definition) is 2. The van der Waals surface area contributed by atoms with E-state index < -0.39 is 0 Å². The maximum Gasteiger partial charge on any atom is 0.240 e. The number of carbonyl (C=O) groups excluding carboxylic acids is 1. The van der Waals surface area contributed by atoms with Crippen LogP contribution in [0.5, 0.6) is 0 Å². The summed E-state index contributed by atoms with van der Waals surface area (Å²) in [5.74, 6) is 0.134. The summed E-state index contributed by atoms with van der Waals surface area (Å²) >= 11 is 0. The summed E-state index contributed by atoms with van der Waals surface area (Å²) < 4.78 is 0. The van der Waals surface area contributed by atoms with Crippen molar-refractivity contribution >= 4 is 18.3 Å². The first-order valence-electron chi connectivity index (χ1n) is 6.47. The Hall–Kier alpha value is -0.280. The van der Waals surface area contributed by atoms with E-state index in [0.717, 1.165) is 25.9 Å². The monoisotopic (exact) mass is 262 g/mol. The molecule has 0 bridgehead atoms. The Morgan fingerprint density at radius 1 is 1.06 bits per heavy atom. The van der Waals surface area contributed by atoms with E-state index in [-0.39, 0.29) is 29.8 Å². The van der Waals surface area contributed by atoms with Crippen molar-refractivity contribution in [2.75, 3.05) is 13.1 Å². The Bertz CT molecular complexity index is 230. The summed E-state index contributed by atoms with van der Waals surface area (Å²) in [4.78, 5) is 14.2. The van der Waals surface area contributed by atoms with Crippen molar-refractivity contribution in [2.45, 2.75) is 58.9 Å². The predicted octanol–water partition coefficient (Wildman–Crippen LogP) is 2.57. The van der Waals surface area contributed by atoms with Crippen LogP contribution >= 0.6 is 12.4 Å². The molecule has 1 saturated heterocycles. The van der Waals surface area contributed by atoms with Crippen LogP contribution in [0.1, 0.15) is 52.9 Å². The lowest BCUT2D eigenvalue weighted by Gasteiger charge is -2.33. The Balaban J connectivity index is 0.00000256. The van der Waals surface area contributed by atoms with Crippen LogP contribution in [0.3, 0.4) is 0 Å². The van der Waals surface area contributed by atoms with E-state index in [2.05, 4.69) is 0 Å². The molecule has 1 heterocycles. The van der Waals surface area contributed by atoms with Crippen LogP contribution in [0.15, 0.2) is 0 Å². The van der Waals surface area contributed by atoms with Gasteiger partial charge in [0.05, 0.1) is 6.04 Å². The highest BCUT2D eigenvalue weighted by atomic mass is 35.5. The van der Waals surface area contributed by atoms with Crippen LogP contribution in [0.25, 0.3) is 0 Å². The standard InChI is InChI=1S/C13H26N2O.ClH/c1-13(2,3)11(14)12(16)15-9-7-5-4-6-8-10-15;/h11H,4-10,14H2,1-3H3;1H/t11-;/m1./s1. The highest BCUT2D eigenvalue weighted by Gasteiger charge is 2.30. The van der Waals surface area contributed by atoms with Gasteiger partial charge >= 0.3 is 0 Å². The van der Waals surface area contributed by atoms with Gasteiger partial charge in [0.2, 0.25) is 5.91 Å². The minimum atomic E-state index is -0.369. The van der Waals surface area contributed by atoms with Gasteiger partial charge in [-0.2, -0.15) is 0 Å². The third-order valence-electron chi connectivity index (χ3n) is 3.37. The van der Waals surface area contributed by atoms with Gasteiger partial charge in [0.25, 0.3) is 0 Å². The topological polar surface area (TPSA) is 46.3 Å². The second kappa shape index (κ2) is 7.22. The normalized spacial score (nSPS) is 19.9.